The fraction of sp³-hybridized carbons (Fsp3) is 0.111. The van der Waals surface area contributed by atoms with Gasteiger partial charge in [-0.05, 0) is 12.1 Å². The van der Waals surface area contributed by atoms with Gasteiger partial charge in [0, 0.05) is 5.02 Å². The minimum Gasteiger partial charge on any atom is -0.397 e. The minimum atomic E-state index is -0.219. The van der Waals surface area contributed by atoms with Gasteiger partial charge >= 0.3 is 0 Å². The molecule has 0 aliphatic rings. The topological polar surface area (TPSA) is 46.2 Å². The number of nitrogens with two attached hydrogens (primary N) is 1. The lowest BCUT2D eigenvalue weighted by molar-refractivity contribution is 0.350. The first-order valence-electron chi connectivity index (χ1n) is 3.49. The number of aliphatic hydroxyl groups excluding tert-OH is 1. The number of nitrogen functional groups attached to an aromatic ring is 1. The first-order valence-corrected chi connectivity index (χ1v) is 4.25. The Bertz CT molecular complexity index is 379. The number of anilines is 1. The number of aliphatic hydroxyl groups is 1. The van der Waals surface area contributed by atoms with Crippen molar-refractivity contribution >= 4 is 28.9 Å². The predicted octanol–water partition coefficient (Wildman–Crippen LogP) is 1.92. The molecule has 1 aromatic rings. The monoisotopic (exact) mass is 215 g/mol. The second kappa shape index (κ2) is 4.38. The summed E-state index contributed by atoms with van der Waals surface area (Å²) in [6, 6.07) is 3.15. The smallest absolute Gasteiger partial charge is 0.104 e. The molecule has 0 bridgehead atoms. The lowest BCUT2D eigenvalue weighted by Gasteiger charge is -2.01. The zero-order valence-electron chi connectivity index (χ0n) is 6.64. The summed E-state index contributed by atoms with van der Waals surface area (Å²) in [6.45, 7) is -0.219. The van der Waals surface area contributed by atoms with Crippen molar-refractivity contribution in [2.24, 2.45) is 0 Å². The summed E-state index contributed by atoms with van der Waals surface area (Å²) in [4.78, 5) is 0. The maximum absolute atomic E-state index is 8.48. The van der Waals surface area contributed by atoms with Crippen molar-refractivity contribution in [3.05, 3.63) is 27.7 Å². The molecule has 0 amide bonds. The third-order valence-corrected chi connectivity index (χ3v) is 1.93. The molecular formula is C9H7Cl2NO. The summed E-state index contributed by atoms with van der Waals surface area (Å²) in [7, 11) is 0. The van der Waals surface area contributed by atoms with Crippen molar-refractivity contribution in [1.82, 2.24) is 0 Å². The Hall–Kier alpha value is -0.880. The second-order valence-electron chi connectivity index (χ2n) is 2.31. The molecule has 0 saturated carbocycles. The maximum atomic E-state index is 8.48. The summed E-state index contributed by atoms with van der Waals surface area (Å²) < 4.78 is 0. The van der Waals surface area contributed by atoms with E-state index in [2.05, 4.69) is 11.8 Å². The zero-order valence-corrected chi connectivity index (χ0v) is 8.15. The molecule has 0 spiro atoms. The van der Waals surface area contributed by atoms with Gasteiger partial charge in [0.1, 0.15) is 6.61 Å². The van der Waals surface area contributed by atoms with Gasteiger partial charge in [0.15, 0.2) is 0 Å². The van der Waals surface area contributed by atoms with E-state index in [1.165, 1.54) is 0 Å². The number of halogens is 2. The highest BCUT2D eigenvalue weighted by Crippen LogP contribution is 2.26. The normalized spacial score (nSPS) is 9.15. The van der Waals surface area contributed by atoms with Gasteiger partial charge in [-0.25, -0.2) is 0 Å². The average molecular weight is 216 g/mol. The van der Waals surface area contributed by atoms with Gasteiger partial charge in [0.2, 0.25) is 0 Å². The van der Waals surface area contributed by atoms with Gasteiger partial charge in [-0.15, -0.1) is 0 Å². The molecule has 13 heavy (non-hydrogen) atoms. The maximum Gasteiger partial charge on any atom is 0.104 e. The second-order valence-corrected chi connectivity index (χ2v) is 3.15. The number of hydrogen-bond donors (Lipinski definition) is 2. The SMILES string of the molecule is Nc1c(Cl)cc(Cl)cc1C#CCO. The number of rotatable bonds is 0. The predicted molar refractivity (Wildman–Crippen MR) is 54.8 cm³/mol. The molecule has 0 heterocycles. The van der Waals surface area contributed by atoms with Crippen LogP contribution in [0, 0.1) is 11.8 Å². The van der Waals surface area contributed by atoms with Crippen LogP contribution in [0.5, 0.6) is 0 Å². The molecule has 0 atom stereocenters. The fourth-order valence-electron chi connectivity index (χ4n) is 0.823. The number of hydrogen-bond acceptors (Lipinski definition) is 2. The first kappa shape index (κ1) is 10.2. The molecule has 2 nitrogen and oxygen atoms in total. The van der Waals surface area contributed by atoms with Gasteiger partial charge in [-0.1, -0.05) is 35.0 Å². The molecule has 4 heteroatoms. The van der Waals surface area contributed by atoms with Gasteiger partial charge in [0.25, 0.3) is 0 Å². The van der Waals surface area contributed by atoms with Crippen LogP contribution < -0.4 is 5.73 Å². The molecule has 0 saturated heterocycles. The van der Waals surface area contributed by atoms with Crippen molar-refractivity contribution in [1.29, 1.82) is 0 Å². The highest BCUT2D eigenvalue weighted by Gasteiger charge is 2.02. The third-order valence-electron chi connectivity index (χ3n) is 1.40. The zero-order chi connectivity index (χ0) is 9.84. The molecule has 0 aromatic heterocycles. The highest BCUT2D eigenvalue weighted by molar-refractivity contribution is 6.36. The molecule has 0 aliphatic heterocycles. The van der Waals surface area contributed by atoms with E-state index in [4.69, 9.17) is 34.0 Å². The van der Waals surface area contributed by atoms with Gasteiger partial charge in [-0.2, -0.15) is 0 Å². The van der Waals surface area contributed by atoms with Crippen molar-refractivity contribution in [2.45, 2.75) is 0 Å². The van der Waals surface area contributed by atoms with E-state index in [1.54, 1.807) is 12.1 Å². The van der Waals surface area contributed by atoms with E-state index in [-0.39, 0.29) is 6.61 Å². The van der Waals surface area contributed by atoms with Crippen LogP contribution >= 0.6 is 23.2 Å². The molecular weight excluding hydrogens is 209 g/mol. The van der Waals surface area contributed by atoms with E-state index in [9.17, 15) is 0 Å². The van der Waals surface area contributed by atoms with Crippen LogP contribution in [0.2, 0.25) is 10.0 Å². The van der Waals surface area contributed by atoms with E-state index >= 15 is 0 Å². The minimum absolute atomic E-state index is 0.219. The summed E-state index contributed by atoms with van der Waals surface area (Å²) >= 11 is 11.5. The van der Waals surface area contributed by atoms with Gasteiger partial charge in [0.05, 0.1) is 16.3 Å². The summed E-state index contributed by atoms with van der Waals surface area (Å²) in [5.74, 6) is 5.12. The Labute approximate surface area is 86.3 Å². The molecule has 0 fully saturated rings. The van der Waals surface area contributed by atoms with E-state index in [0.717, 1.165) is 0 Å². The van der Waals surface area contributed by atoms with Crippen LogP contribution in [0.3, 0.4) is 0 Å². The van der Waals surface area contributed by atoms with Crippen molar-refractivity contribution in [3.8, 4) is 11.8 Å². The Morgan fingerprint density at radius 3 is 2.69 bits per heavy atom. The van der Waals surface area contributed by atoms with E-state index in [0.29, 0.717) is 21.3 Å². The molecule has 3 N–H and O–H groups in total. The standard InChI is InChI=1S/C9H7Cl2NO/c10-7-4-6(2-1-3-13)9(12)8(11)5-7/h4-5,13H,3,12H2. The van der Waals surface area contributed by atoms with Crippen molar-refractivity contribution < 1.29 is 5.11 Å². The summed E-state index contributed by atoms with van der Waals surface area (Å²) in [6.07, 6.45) is 0. The van der Waals surface area contributed by atoms with Crippen LogP contribution in [0.1, 0.15) is 5.56 Å². The van der Waals surface area contributed by atoms with Crippen molar-refractivity contribution in [3.63, 3.8) is 0 Å². The van der Waals surface area contributed by atoms with Crippen LogP contribution in [-0.4, -0.2) is 11.7 Å². The van der Waals surface area contributed by atoms with Crippen LogP contribution in [0.25, 0.3) is 0 Å². The number of benzene rings is 1. The van der Waals surface area contributed by atoms with Gasteiger partial charge in [-0.3, -0.25) is 0 Å². The van der Waals surface area contributed by atoms with Crippen LogP contribution in [0.15, 0.2) is 12.1 Å². The largest absolute Gasteiger partial charge is 0.397 e. The average Bonchev–Trinajstić information content (AvgIpc) is 2.09. The van der Waals surface area contributed by atoms with Gasteiger partial charge < -0.3 is 10.8 Å². The molecule has 68 valence electrons. The lowest BCUT2D eigenvalue weighted by atomic mass is 10.2. The quantitative estimate of drug-likeness (QED) is 0.514. The highest BCUT2D eigenvalue weighted by atomic mass is 35.5. The third kappa shape index (κ3) is 2.53. The Kier molecular flexibility index (Phi) is 3.44. The molecule has 0 aliphatic carbocycles. The van der Waals surface area contributed by atoms with Crippen LogP contribution in [-0.2, 0) is 0 Å². The first-order chi connectivity index (χ1) is 6.15. The Morgan fingerprint density at radius 1 is 1.38 bits per heavy atom. The Morgan fingerprint density at radius 2 is 2.08 bits per heavy atom. The van der Waals surface area contributed by atoms with E-state index in [1.807, 2.05) is 0 Å². The molecule has 0 unspecified atom stereocenters. The molecule has 0 radical (unpaired) electrons. The Balaban J connectivity index is 3.20. The summed E-state index contributed by atoms with van der Waals surface area (Å²) in [5.41, 5.74) is 6.53. The lowest BCUT2D eigenvalue weighted by Crippen LogP contribution is -1.91. The molecule has 1 aromatic carbocycles. The fourth-order valence-corrected chi connectivity index (χ4v) is 1.32. The van der Waals surface area contributed by atoms with E-state index < -0.39 is 0 Å². The van der Waals surface area contributed by atoms with Crippen LogP contribution in [0.4, 0.5) is 5.69 Å². The molecule has 1 rings (SSSR count). The summed E-state index contributed by atoms with van der Waals surface area (Å²) in [5, 5.41) is 9.32. The van der Waals surface area contributed by atoms with Crippen molar-refractivity contribution in [2.75, 3.05) is 12.3 Å².